The SMILES string of the molecule is COC(=O)CCNC(=O)C(=Cc1ccc(-c2ccccc2Cl)s1)NC(=O)c1ccccc1. The highest BCUT2D eigenvalue weighted by molar-refractivity contribution is 7.16. The average Bonchev–Trinajstić information content (AvgIpc) is 3.27. The van der Waals surface area contributed by atoms with Crippen LogP contribution in [0.15, 0.2) is 72.4 Å². The average molecular weight is 469 g/mol. The summed E-state index contributed by atoms with van der Waals surface area (Å²) < 4.78 is 4.58. The van der Waals surface area contributed by atoms with Crippen molar-refractivity contribution in [3.63, 3.8) is 0 Å². The molecular weight excluding hydrogens is 448 g/mol. The number of hydrogen-bond donors (Lipinski definition) is 2. The van der Waals surface area contributed by atoms with Crippen LogP contribution < -0.4 is 10.6 Å². The number of esters is 1. The van der Waals surface area contributed by atoms with E-state index in [1.54, 1.807) is 36.4 Å². The monoisotopic (exact) mass is 468 g/mol. The zero-order valence-electron chi connectivity index (χ0n) is 17.3. The van der Waals surface area contributed by atoms with Crippen LogP contribution in [0.4, 0.5) is 0 Å². The number of ether oxygens (including phenoxy) is 1. The van der Waals surface area contributed by atoms with E-state index in [1.807, 2.05) is 36.4 Å². The fourth-order valence-electron chi connectivity index (χ4n) is 2.80. The third-order valence-corrected chi connectivity index (χ3v) is 5.82. The Kier molecular flexibility index (Phi) is 8.19. The topological polar surface area (TPSA) is 84.5 Å². The Hall–Kier alpha value is -3.42. The van der Waals surface area contributed by atoms with Gasteiger partial charge in [-0.3, -0.25) is 14.4 Å². The molecule has 2 amide bonds. The van der Waals surface area contributed by atoms with Crippen LogP contribution in [0.1, 0.15) is 21.7 Å². The maximum Gasteiger partial charge on any atom is 0.307 e. The van der Waals surface area contributed by atoms with Gasteiger partial charge in [0.2, 0.25) is 0 Å². The fourth-order valence-corrected chi connectivity index (χ4v) is 4.08. The molecule has 0 bridgehead atoms. The number of methoxy groups -OCH3 is 1. The van der Waals surface area contributed by atoms with Crippen molar-refractivity contribution >= 4 is 46.8 Å². The molecule has 1 aromatic heterocycles. The van der Waals surface area contributed by atoms with Crippen LogP contribution in [0.25, 0.3) is 16.5 Å². The highest BCUT2D eigenvalue weighted by atomic mass is 35.5. The molecule has 3 rings (SSSR count). The van der Waals surface area contributed by atoms with Gasteiger partial charge < -0.3 is 15.4 Å². The van der Waals surface area contributed by atoms with E-state index in [4.69, 9.17) is 11.6 Å². The molecule has 0 spiro atoms. The van der Waals surface area contributed by atoms with Gasteiger partial charge >= 0.3 is 5.97 Å². The van der Waals surface area contributed by atoms with E-state index in [1.165, 1.54) is 18.4 Å². The van der Waals surface area contributed by atoms with E-state index in [-0.39, 0.29) is 18.7 Å². The van der Waals surface area contributed by atoms with Crippen molar-refractivity contribution in [1.29, 1.82) is 0 Å². The minimum absolute atomic E-state index is 0.0256. The molecule has 0 aliphatic carbocycles. The summed E-state index contributed by atoms with van der Waals surface area (Å²) in [6.45, 7) is 0.0827. The Balaban J connectivity index is 1.83. The molecule has 0 saturated carbocycles. The van der Waals surface area contributed by atoms with Crippen molar-refractivity contribution in [2.75, 3.05) is 13.7 Å². The highest BCUT2D eigenvalue weighted by Crippen LogP contribution is 2.33. The van der Waals surface area contributed by atoms with Gasteiger partial charge in [-0.1, -0.05) is 48.0 Å². The van der Waals surface area contributed by atoms with Crippen LogP contribution in [-0.4, -0.2) is 31.4 Å². The Morgan fingerprint density at radius 1 is 1.00 bits per heavy atom. The van der Waals surface area contributed by atoms with Gasteiger partial charge in [0.15, 0.2) is 0 Å². The second-order valence-corrected chi connectivity index (χ2v) is 8.16. The molecule has 8 heteroatoms. The maximum atomic E-state index is 12.8. The Morgan fingerprint density at radius 2 is 1.72 bits per heavy atom. The van der Waals surface area contributed by atoms with Gasteiger partial charge in [-0.15, -0.1) is 11.3 Å². The standard InChI is InChI=1S/C24H21ClN2O4S/c1-31-22(28)13-14-26-24(30)20(27-23(29)16-7-3-2-4-8-16)15-17-11-12-21(32-17)18-9-5-6-10-19(18)25/h2-12,15H,13-14H2,1H3,(H,26,30)(H,27,29). The molecule has 6 nitrogen and oxygen atoms in total. The van der Waals surface area contributed by atoms with E-state index >= 15 is 0 Å². The van der Waals surface area contributed by atoms with Crippen molar-refractivity contribution in [3.8, 4) is 10.4 Å². The Morgan fingerprint density at radius 3 is 2.44 bits per heavy atom. The van der Waals surface area contributed by atoms with Gasteiger partial charge in [0, 0.05) is 32.4 Å². The lowest BCUT2D eigenvalue weighted by Gasteiger charge is -2.10. The number of carbonyl (C=O) groups excluding carboxylic acids is 3. The number of benzene rings is 2. The van der Waals surface area contributed by atoms with Crippen molar-refractivity contribution in [1.82, 2.24) is 10.6 Å². The van der Waals surface area contributed by atoms with Gasteiger partial charge in [0.1, 0.15) is 5.70 Å². The minimum atomic E-state index is -0.508. The Labute approximate surface area is 194 Å². The maximum absolute atomic E-state index is 12.8. The molecule has 3 aromatic rings. The quantitative estimate of drug-likeness (QED) is 0.376. The second kappa shape index (κ2) is 11.3. The summed E-state index contributed by atoms with van der Waals surface area (Å²) >= 11 is 7.72. The van der Waals surface area contributed by atoms with Crippen LogP contribution in [0, 0.1) is 0 Å². The number of nitrogens with one attached hydrogen (secondary N) is 2. The molecule has 0 saturated heterocycles. The first-order valence-corrected chi connectivity index (χ1v) is 10.9. The third kappa shape index (κ3) is 6.29. The molecule has 0 atom stereocenters. The molecule has 0 aliphatic rings. The second-order valence-electron chi connectivity index (χ2n) is 6.64. The van der Waals surface area contributed by atoms with E-state index < -0.39 is 17.8 Å². The first kappa shape index (κ1) is 23.2. The summed E-state index contributed by atoms with van der Waals surface area (Å²) in [7, 11) is 1.28. The van der Waals surface area contributed by atoms with Crippen molar-refractivity contribution in [2.24, 2.45) is 0 Å². The van der Waals surface area contributed by atoms with E-state index in [0.29, 0.717) is 10.6 Å². The van der Waals surface area contributed by atoms with Gasteiger partial charge in [-0.05, 0) is 36.4 Å². The number of halogens is 1. The molecule has 164 valence electrons. The van der Waals surface area contributed by atoms with Gasteiger partial charge in [-0.2, -0.15) is 0 Å². The summed E-state index contributed by atoms with van der Waals surface area (Å²) in [5, 5.41) is 5.93. The molecular formula is C24H21ClN2O4S. The predicted molar refractivity (Wildman–Crippen MR) is 126 cm³/mol. The summed E-state index contributed by atoms with van der Waals surface area (Å²) in [5.74, 6) is -1.36. The fraction of sp³-hybridized carbons (Fsp3) is 0.125. The highest BCUT2D eigenvalue weighted by Gasteiger charge is 2.16. The summed E-state index contributed by atoms with van der Waals surface area (Å²) in [4.78, 5) is 38.4. The first-order chi connectivity index (χ1) is 15.5. The van der Waals surface area contributed by atoms with Crippen LogP contribution in [0.3, 0.4) is 0 Å². The summed E-state index contributed by atoms with van der Waals surface area (Å²) in [6, 6.07) is 19.8. The van der Waals surface area contributed by atoms with Gasteiger partial charge in [0.05, 0.1) is 13.5 Å². The summed E-state index contributed by atoms with van der Waals surface area (Å²) in [5.41, 5.74) is 1.37. The van der Waals surface area contributed by atoms with Crippen LogP contribution in [0.2, 0.25) is 5.02 Å². The molecule has 2 aromatic carbocycles. The molecule has 32 heavy (non-hydrogen) atoms. The minimum Gasteiger partial charge on any atom is -0.469 e. The van der Waals surface area contributed by atoms with Gasteiger partial charge in [0.25, 0.3) is 11.8 Å². The van der Waals surface area contributed by atoms with Crippen molar-refractivity contribution in [2.45, 2.75) is 6.42 Å². The largest absolute Gasteiger partial charge is 0.469 e. The number of thiophene rings is 1. The lowest BCUT2D eigenvalue weighted by molar-refractivity contribution is -0.140. The normalized spacial score (nSPS) is 11.0. The smallest absolute Gasteiger partial charge is 0.307 e. The Bertz CT molecular complexity index is 1140. The van der Waals surface area contributed by atoms with Gasteiger partial charge in [-0.25, -0.2) is 0 Å². The van der Waals surface area contributed by atoms with Crippen LogP contribution in [0.5, 0.6) is 0 Å². The lowest BCUT2D eigenvalue weighted by Crippen LogP contribution is -2.35. The van der Waals surface area contributed by atoms with Crippen LogP contribution >= 0.6 is 22.9 Å². The van der Waals surface area contributed by atoms with E-state index in [2.05, 4.69) is 15.4 Å². The number of rotatable bonds is 8. The molecule has 1 heterocycles. The lowest BCUT2D eigenvalue weighted by atomic mass is 10.2. The van der Waals surface area contributed by atoms with Crippen LogP contribution in [-0.2, 0) is 14.3 Å². The molecule has 2 N–H and O–H groups in total. The third-order valence-electron chi connectivity index (χ3n) is 4.42. The first-order valence-electron chi connectivity index (χ1n) is 9.76. The summed E-state index contributed by atoms with van der Waals surface area (Å²) in [6.07, 6.45) is 1.62. The predicted octanol–water partition coefficient (Wildman–Crippen LogP) is 4.52. The number of hydrogen-bond acceptors (Lipinski definition) is 5. The number of carbonyl (C=O) groups is 3. The zero-order valence-corrected chi connectivity index (χ0v) is 18.8. The molecule has 0 unspecified atom stereocenters. The van der Waals surface area contributed by atoms with E-state index in [0.717, 1.165) is 15.3 Å². The van der Waals surface area contributed by atoms with Crippen molar-refractivity contribution < 1.29 is 19.1 Å². The zero-order chi connectivity index (χ0) is 22.9. The number of amides is 2. The molecule has 0 aliphatic heterocycles. The molecule has 0 fully saturated rings. The van der Waals surface area contributed by atoms with Crippen molar-refractivity contribution in [3.05, 3.63) is 87.9 Å². The van der Waals surface area contributed by atoms with E-state index in [9.17, 15) is 14.4 Å². The molecule has 0 radical (unpaired) electrons.